The second kappa shape index (κ2) is 11.1. The van der Waals surface area contributed by atoms with E-state index in [4.69, 9.17) is 21.5 Å². The van der Waals surface area contributed by atoms with Crippen LogP contribution in [0.4, 0.5) is 8.78 Å². The molecule has 2 N–H and O–H groups in total. The Hall–Kier alpha value is -2.78. The lowest BCUT2D eigenvalue weighted by Gasteiger charge is -2.25. The van der Waals surface area contributed by atoms with Crippen molar-refractivity contribution in [3.8, 4) is 11.5 Å². The number of benzene rings is 2. The first-order valence-electron chi connectivity index (χ1n) is 9.24. The minimum Gasteiger partial charge on any atom is -0.451 e. The number of hydrogen-bond acceptors (Lipinski definition) is 7. The van der Waals surface area contributed by atoms with Crippen LogP contribution in [-0.4, -0.2) is 62.5 Å². The van der Waals surface area contributed by atoms with E-state index in [9.17, 15) is 30.4 Å². The van der Waals surface area contributed by atoms with E-state index in [0.29, 0.717) is 25.8 Å². The molecule has 0 aliphatic heterocycles. The highest BCUT2D eigenvalue weighted by Crippen LogP contribution is 2.31. The Labute approximate surface area is 200 Å². The molecule has 34 heavy (non-hydrogen) atoms. The van der Waals surface area contributed by atoms with Crippen molar-refractivity contribution in [2.75, 3.05) is 25.9 Å². The zero-order chi connectivity index (χ0) is 25.7. The van der Waals surface area contributed by atoms with Gasteiger partial charge in [-0.15, -0.1) is 0 Å². The fraction of sp³-hybridized carbons (Fsp3) is 0.211. The summed E-state index contributed by atoms with van der Waals surface area (Å²) >= 11 is 5.74. The van der Waals surface area contributed by atoms with Gasteiger partial charge in [-0.1, -0.05) is 18.2 Å². The first-order valence-corrected chi connectivity index (χ1v) is 12.9. The zero-order valence-electron chi connectivity index (χ0n) is 17.6. The fourth-order valence-corrected chi connectivity index (χ4v) is 4.86. The zero-order valence-corrected chi connectivity index (χ0v) is 20.0. The number of nitrogens with one attached hydrogen (secondary N) is 1. The molecule has 2 rings (SSSR count). The van der Waals surface area contributed by atoms with Crippen molar-refractivity contribution in [2.45, 2.75) is 4.90 Å². The molecule has 0 saturated heterocycles. The maximum absolute atomic E-state index is 14.6. The van der Waals surface area contributed by atoms with Gasteiger partial charge in [0, 0.05) is 24.3 Å². The van der Waals surface area contributed by atoms with Crippen LogP contribution in [0.25, 0.3) is 0 Å². The molecule has 0 aliphatic carbocycles. The Morgan fingerprint density at radius 2 is 1.71 bits per heavy atom. The minimum atomic E-state index is -4.74. The van der Waals surface area contributed by atoms with Gasteiger partial charge in [-0.2, -0.15) is 4.31 Å². The maximum Gasteiger partial charge on any atom is 0.258 e. The standard InChI is InChI=1S/C19H20ClF2N3O7S2/c1-3-24(33(2,28)29)8-9-25(12-18(26)23-27)34(30,31)15-10-16(21)19(17(22)11-15)32-14-6-4-13(20)5-7-14/h3-7,10-11,27H,1,8-9,12H2,2H3,(H,23,26). The van der Waals surface area contributed by atoms with Gasteiger partial charge in [-0.25, -0.2) is 31.1 Å². The van der Waals surface area contributed by atoms with Crippen molar-refractivity contribution in [1.82, 2.24) is 14.1 Å². The van der Waals surface area contributed by atoms with E-state index in [1.54, 1.807) is 0 Å². The van der Waals surface area contributed by atoms with E-state index in [-0.39, 0.29) is 5.75 Å². The van der Waals surface area contributed by atoms with Crippen molar-refractivity contribution in [2.24, 2.45) is 0 Å². The number of sulfonamides is 2. The van der Waals surface area contributed by atoms with E-state index in [0.717, 1.165) is 12.5 Å². The van der Waals surface area contributed by atoms with Crippen molar-refractivity contribution >= 4 is 37.6 Å². The summed E-state index contributed by atoms with van der Waals surface area (Å²) in [5, 5.41) is 9.12. The molecule has 0 radical (unpaired) electrons. The second-order valence-electron chi connectivity index (χ2n) is 6.70. The average Bonchev–Trinajstić information content (AvgIpc) is 2.75. The number of hydroxylamine groups is 1. The Balaban J connectivity index is 2.40. The van der Waals surface area contributed by atoms with Crippen LogP contribution in [-0.2, 0) is 24.8 Å². The quantitative estimate of drug-likeness (QED) is 0.330. The third-order valence-electron chi connectivity index (χ3n) is 4.29. The summed E-state index contributed by atoms with van der Waals surface area (Å²) in [6.07, 6.45) is 1.77. The Kier molecular flexibility index (Phi) is 8.96. The molecule has 0 heterocycles. The molecule has 0 aromatic heterocycles. The summed E-state index contributed by atoms with van der Waals surface area (Å²) in [7, 11) is -8.55. The molecule has 186 valence electrons. The average molecular weight is 540 g/mol. The molecule has 0 fully saturated rings. The number of carbonyl (C=O) groups excluding carboxylic acids is 1. The van der Waals surface area contributed by atoms with Gasteiger partial charge >= 0.3 is 0 Å². The van der Waals surface area contributed by atoms with E-state index in [1.165, 1.54) is 29.7 Å². The molecule has 0 spiro atoms. The molecule has 2 aromatic carbocycles. The summed E-state index contributed by atoms with van der Waals surface area (Å²) in [6.45, 7) is 1.26. The SMILES string of the molecule is C=CN(CCN(CC(=O)NO)S(=O)(=O)c1cc(F)c(Oc2ccc(Cl)cc2)c(F)c1)S(C)(=O)=O. The van der Waals surface area contributed by atoms with E-state index < -0.39 is 67.9 Å². The van der Waals surface area contributed by atoms with Crippen LogP contribution in [0.5, 0.6) is 11.5 Å². The lowest BCUT2D eigenvalue weighted by atomic mass is 10.3. The van der Waals surface area contributed by atoms with Crippen molar-refractivity contribution in [1.29, 1.82) is 0 Å². The lowest BCUT2D eigenvalue weighted by Crippen LogP contribution is -2.43. The smallest absolute Gasteiger partial charge is 0.258 e. The maximum atomic E-state index is 14.6. The van der Waals surface area contributed by atoms with Crippen LogP contribution in [0, 0.1) is 11.6 Å². The van der Waals surface area contributed by atoms with Gasteiger partial charge in [0.15, 0.2) is 17.4 Å². The molecule has 0 aliphatic rings. The summed E-state index contributed by atoms with van der Waals surface area (Å²) in [6, 6.07) is 6.48. The second-order valence-corrected chi connectivity index (χ2v) is 11.0. The van der Waals surface area contributed by atoms with Crippen LogP contribution in [0.3, 0.4) is 0 Å². The van der Waals surface area contributed by atoms with Crippen LogP contribution >= 0.6 is 11.6 Å². The lowest BCUT2D eigenvalue weighted by molar-refractivity contribution is -0.129. The largest absolute Gasteiger partial charge is 0.451 e. The monoisotopic (exact) mass is 539 g/mol. The first-order chi connectivity index (χ1) is 15.8. The van der Waals surface area contributed by atoms with Gasteiger partial charge in [0.05, 0.1) is 17.7 Å². The van der Waals surface area contributed by atoms with Crippen LogP contribution in [0.2, 0.25) is 5.02 Å². The molecule has 2 aromatic rings. The topological polar surface area (TPSA) is 133 Å². The van der Waals surface area contributed by atoms with Crippen LogP contribution in [0.15, 0.2) is 54.1 Å². The number of nitrogens with zero attached hydrogens (tertiary/aromatic N) is 2. The van der Waals surface area contributed by atoms with E-state index >= 15 is 0 Å². The minimum absolute atomic E-state index is 0.0318. The number of halogens is 3. The Morgan fingerprint density at radius 3 is 2.18 bits per heavy atom. The summed E-state index contributed by atoms with van der Waals surface area (Å²) in [5.41, 5.74) is 1.24. The summed E-state index contributed by atoms with van der Waals surface area (Å²) in [4.78, 5) is 10.8. The number of ether oxygens (including phenoxy) is 1. The molecular formula is C19H20ClF2N3O7S2. The van der Waals surface area contributed by atoms with Crippen LogP contribution in [0.1, 0.15) is 0 Å². The first kappa shape index (κ1) is 27.5. The molecule has 0 unspecified atom stereocenters. The highest BCUT2D eigenvalue weighted by Gasteiger charge is 2.30. The molecule has 0 atom stereocenters. The highest BCUT2D eigenvalue weighted by molar-refractivity contribution is 7.89. The van der Waals surface area contributed by atoms with Gasteiger partial charge in [0.1, 0.15) is 5.75 Å². The fourth-order valence-electron chi connectivity index (χ4n) is 2.63. The van der Waals surface area contributed by atoms with Crippen molar-refractivity contribution < 1.29 is 40.4 Å². The molecule has 0 saturated carbocycles. The van der Waals surface area contributed by atoms with Crippen LogP contribution < -0.4 is 10.2 Å². The molecule has 15 heteroatoms. The molecule has 1 amide bonds. The van der Waals surface area contributed by atoms with E-state index in [1.807, 2.05) is 0 Å². The van der Waals surface area contributed by atoms with Gasteiger partial charge in [0.2, 0.25) is 20.0 Å². The van der Waals surface area contributed by atoms with E-state index in [2.05, 4.69) is 6.58 Å². The summed E-state index contributed by atoms with van der Waals surface area (Å²) < 4.78 is 85.0. The molecule has 10 nitrogen and oxygen atoms in total. The predicted octanol–water partition coefficient (Wildman–Crippen LogP) is 2.31. The highest BCUT2D eigenvalue weighted by atomic mass is 35.5. The summed E-state index contributed by atoms with van der Waals surface area (Å²) in [5.74, 6) is -4.73. The predicted molar refractivity (Wildman–Crippen MR) is 118 cm³/mol. The third-order valence-corrected chi connectivity index (χ3v) is 7.55. The third kappa shape index (κ3) is 6.87. The van der Waals surface area contributed by atoms with Gasteiger partial charge < -0.3 is 4.74 Å². The number of carbonyl (C=O) groups is 1. The number of rotatable bonds is 11. The van der Waals surface area contributed by atoms with Gasteiger partial charge in [-0.05, 0) is 36.4 Å². The number of hydrogen-bond donors (Lipinski definition) is 2. The molecule has 0 bridgehead atoms. The van der Waals surface area contributed by atoms with Crippen molar-refractivity contribution in [3.63, 3.8) is 0 Å². The number of amides is 1. The van der Waals surface area contributed by atoms with Gasteiger partial charge in [-0.3, -0.25) is 14.3 Å². The van der Waals surface area contributed by atoms with Crippen molar-refractivity contribution in [3.05, 3.63) is 65.8 Å². The normalized spacial score (nSPS) is 11.8. The van der Waals surface area contributed by atoms with Gasteiger partial charge in [0.25, 0.3) is 5.91 Å². The Morgan fingerprint density at radius 1 is 1.15 bits per heavy atom. The Bertz CT molecular complexity index is 1250. The molecular weight excluding hydrogens is 520 g/mol.